The third-order valence-corrected chi connectivity index (χ3v) is 7.92. The average Bonchev–Trinajstić information content (AvgIpc) is 2.70. The van der Waals surface area contributed by atoms with Gasteiger partial charge in [-0.1, -0.05) is 0 Å². The van der Waals surface area contributed by atoms with Crippen molar-refractivity contribution in [2.75, 3.05) is 26.2 Å². The van der Waals surface area contributed by atoms with Crippen molar-refractivity contribution in [2.24, 2.45) is 0 Å². The molecule has 7 heteroatoms. The molecule has 2 heterocycles. The second-order valence-corrected chi connectivity index (χ2v) is 9.59. The van der Waals surface area contributed by atoms with E-state index in [-0.39, 0.29) is 0 Å². The van der Waals surface area contributed by atoms with Crippen molar-refractivity contribution in [1.82, 2.24) is 9.21 Å². The molecule has 0 atom stereocenters. The molecule has 1 fully saturated rings. The molecule has 1 aliphatic heterocycles. The minimum Gasteiger partial charge on any atom is -0.298 e. The van der Waals surface area contributed by atoms with Gasteiger partial charge in [0, 0.05) is 32.2 Å². The number of thiophene rings is 1. The van der Waals surface area contributed by atoms with Gasteiger partial charge in [0.2, 0.25) is 0 Å². The summed E-state index contributed by atoms with van der Waals surface area (Å²) < 4.78 is 28.0. The average molecular weight is 367 g/mol. The summed E-state index contributed by atoms with van der Waals surface area (Å²) in [5, 5.41) is 0. The lowest BCUT2D eigenvalue weighted by molar-refractivity contribution is 0.154. The van der Waals surface area contributed by atoms with E-state index in [1.165, 1.54) is 11.3 Å². The topological polar surface area (TPSA) is 40.6 Å². The smallest absolute Gasteiger partial charge is 0.252 e. The summed E-state index contributed by atoms with van der Waals surface area (Å²) in [7, 11) is -3.32. The van der Waals surface area contributed by atoms with Gasteiger partial charge in [-0.2, -0.15) is 4.31 Å². The van der Waals surface area contributed by atoms with Gasteiger partial charge in [0.15, 0.2) is 0 Å². The van der Waals surface area contributed by atoms with Gasteiger partial charge < -0.3 is 0 Å². The van der Waals surface area contributed by atoms with Gasteiger partial charge in [-0.3, -0.25) is 4.90 Å². The monoisotopic (exact) mass is 366 g/mol. The Morgan fingerprint density at radius 2 is 1.84 bits per heavy atom. The lowest BCUT2D eigenvalue weighted by Gasteiger charge is -2.35. The Kier molecular flexibility index (Phi) is 4.72. The highest BCUT2D eigenvalue weighted by Gasteiger charge is 2.30. The zero-order valence-electron chi connectivity index (χ0n) is 11.4. The molecule has 108 valence electrons. The molecule has 0 N–H and O–H groups in total. The van der Waals surface area contributed by atoms with Crippen molar-refractivity contribution in [3.05, 3.63) is 15.4 Å². The SMILES string of the molecule is Cc1cc(S(=O)(=O)N2CCN(C(C)C)CC2)sc1Br. The Hall–Kier alpha value is 0.0500. The number of rotatable bonds is 3. The summed E-state index contributed by atoms with van der Waals surface area (Å²) in [6.07, 6.45) is 0. The number of hydrogen-bond donors (Lipinski definition) is 0. The van der Waals surface area contributed by atoms with Crippen LogP contribution in [0.5, 0.6) is 0 Å². The van der Waals surface area contributed by atoms with Crippen LogP contribution in [0.1, 0.15) is 19.4 Å². The predicted octanol–water partition coefficient (Wildman–Crippen LogP) is 2.53. The minimum atomic E-state index is -3.32. The maximum Gasteiger partial charge on any atom is 0.252 e. The summed E-state index contributed by atoms with van der Waals surface area (Å²) in [5.41, 5.74) is 0.976. The molecule has 1 saturated heterocycles. The van der Waals surface area contributed by atoms with Crippen molar-refractivity contribution in [2.45, 2.75) is 31.0 Å². The summed E-state index contributed by atoms with van der Waals surface area (Å²) in [5.74, 6) is 0. The van der Waals surface area contributed by atoms with E-state index >= 15 is 0 Å². The maximum absolute atomic E-state index is 12.5. The highest BCUT2D eigenvalue weighted by molar-refractivity contribution is 9.11. The van der Waals surface area contributed by atoms with E-state index in [0.717, 1.165) is 22.4 Å². The third-order valence-electron chi connectivity index (χ3n) is 3.43. The molecule has 0 radical (unpaired) electrons. The molecule has 0 amide bonds. The standard InChI is InChI=1S/C12H19BrN2O2S2/c1-9(2)14-4-6-15(7-5-14)19(16,17)11-8-10(3)12(13)18-11/h8-9H,4-7H2,1-3H3. The van der Waals surface area contributed by atoms with E-state index in [0.29, 0.717) is 23.3 Å². The van der Waals surface area contributed by atoms with Crippen LogP contribution in [-0.2, 0) is 10.0 Å². The van der Waals surface area contributed by atoms with Crippen molar-refractivity contribution in [3.8, 4) is 0 Å². The van der Waals surface area contributed by atoms with Gasteiger partial charge in [0.25, 0.3) is 10.0 Å². The molecule has 1 aliphatic rings. The molecule has 1 aromatic rings. The second kappa shape index (κ2) is 5.81. The van der Waals surface area contributed by atoms with Crippen LogP contribution in [0, 0.1) is 6.92 Å². The fraction of sp³-hybridized carbons (Fsp3) is 0.667. The Morgan fingerprint density at radius 1 is 1.26 bits per heavy atom. The highest BCUT2D eigenvalue weighted by atomic mass is 79.9. The predicted molar refractivity (Wildman–Crippen MR) is 82.2 cm³/mol. The summed E-state index contributed by atoms with van der Waals surface area (Å²) in [6.45, 7) is 8.97. The maximum atomic E-state index is 12.5. The molecular formula is C12H19BrN2O2S2. The number of hydrogen-bond acceptors (Lipinski definition) is 4. The lowest BCUT2D eigenvalue weighted by atomic mass is 10.3. The molecule has 2 rings (SSSR count). The Morgan fingerprint density at radius 3 is 2.26 bits per heavy atom. The van der Waals surface area contributed by atoms with E-state index in [1.54, 1.807) is 10.4 Å². The van der Waals surface area contributed by atoms with Crippen molar-refractivity contribution in [1.29, 1.82) is 0 Å². The first-order valence-corrected chi connectivity index (χ1v) is 9.37. The van der Waals surface area contributed by atoms with Crippen LogP contribution in [0.25, 0.3) is 0 Å². The fourth-order valence-corrected chi connectivity index (χ4v) is 5.95. The van der Waals surface area contributed by atoms with Crippen molar-refractivity contribution < 1.29 is 8.42 Å². The normalized spacial score (nSPS) is 19.2. The molecule has 0 saturated carbocycles. The van der Waals surface area contributed by atoms with Crippen LogP contribution in [0.4, 0.5) is 0 Å². The first-order chi connectivity index (χ1) is 8.82. The van der Waals surface area contributed by atoms with Crippen LogP contribution in [0.3, 0.4) is 0 Å². The van der Waals surface area contributed by atoms with E-state index < -0.39 is 10.0 Å². The summed E-state index contributed by atoms with van der Waals surface area (Å²) in [6, 6.07) is 2.22. The Bertz CT molecular complexity index is 527. The molecule has 1 aromatic heterocycles. The van der Waals surface area contributed by atoms with E-state index in [2.05, 4.69) is 34.7 Å². The summed E-state index contributed by atoms with van der Waals surface area (Å²) >= 11 is 4.68. The molecule has 19 heavy (non-hydrogen) atoms. The number of halogens is 1. The fourth-order valence-electron chi connectivity index (χ4n) is 2.15. The van der Waals surface area contributed by atoms with Gasteiger partial charge in [0.05, 0.1) is 3.79 Å². The van der Waals surface area contributed by atoms with E-state index in [9.17, 15) is 8.42 Å². The molecule has 0 aromatic carbocycles. The van der Waals surface area contributed by atoms with Crippen LogP contribution in [-0.4, -0.2) is 49.8 Å². The summed E-state index contributed by atoms with van der Waals surface area (Å²) in [4.78, 5) is 2.31. The van der Waals surface area contributed by atoms with Crippen LogP contribution >= 0.6 is 27.3 Å². The van der Waals surface area contributed by atoms with Gasteiger partial charge in [-0.25, -0.2) is 8.42 Å². The van der Waals surface area contributed by atoms with Crippen molar-refractivity contribution >= 4 is 37.3 Å². The number of aryl methyl sites for hydroxylation is 1. The second-order valence-electron chi connectivity index (χ2n) is 5.06. The quantitative estimate of drug-likeness (QED) is 0.825. The van der Waals surface area contributed by atoms with Gasteiger partial charge in [-0.05, 0) is 48.3 Å². The van der Waals surface area contributed by atoms with Crippen LogP contribution < -0.4 is 0 Å². The van der Waals surface area contributed by atoms with Crippen molar-refractivity contribution in [3.63, 3.8) is 0 Å². The van der Waals surface area contributed by atoms with Crippen LogP contribution in [0.15, 0.2) is 14.1 Å². The van der Waals surface area contributed by atoms with Gasteiger partial charge >= 0.3 is 0 Å². The third kappa shape index (κ3) is 3.21. The zero-order chi connectivity index (χ0) is 14.2. The molecular weight excluding hydrogens is 348 g/mol. The molecule has 0 aliphatic carbocycles. The number of piperazine rings is 1. The van der Waals surface area contributed by atoms with Crippen LogP contribution in [0.2, 0.25) is 0 Å². The Balaban J connectivity index is 2.14. The zero-order valence-corrected chi connectivity index (χ0v) is 14.6. The van der Waals surface area contributed by atoms with Gasteiger partial charge in [-0.15, -0.1) is 11.3 Å². The van der Waals surface area contributed by atoms with Gasteiger partial charge in [0.1, 0.15) is 4.21 Å². The molecule has 0 spiro atoms. The first kappa shape index (κ1) is 15.4. The molecule has 0 bridgehead atoms. The number of sulfonamides is 1. The number of nitrogens with zero attached hydrogens (tertiary/aromatic N) is 2. The largest absolute Gasteiger partial charge is 0.298 e. The first-order valence-electron chi connectivity index (χ1n) is 6.32. The Labute approximate surface area is 127 Å². The molecule has 0 unspecified atom stereocenters. The van der Waals surface area contributed by atoms with E-state index in [4.69, 9.17) is 0 Å². The molecule has 4 nitrogen and oxygen atoms in total. The highest BCUT2D eigenvalue weighted by Crippen LogP contribution is 2.32. The van der Waals surface area contributed by atoms with E-state index in [1.807, 2.05) is 6.92 Å². The minimum absolute atomic E-state index is 0.440. The lowest BCUT2D eigenvalue weighted by Crippen LogP contribution is -2.50.